The van der Waals surface area contributed by atoms with Crippen molar-refractivity contribution in [2.24, 2.45) is 0 Å². The molecule has 1 aliphatic rings. The molecule has 0 radical (unpaired) electrons. The lowest BCUT2D eigenvalue weighted by Gasteiger charge is -2.17. The zero-order chi connectivity index (χ0) is 26.5. The quantitative estimate of drug-likeness (QED) is 0.141. The molecular weight excluding hydrogens is 569 g/mol. The molecule has 190 valence electrons. The first kappa shape index (κ1) is 27.6. The number of nitrogens with zero attached hydrogens (tertiary/aromatic N) is 1. The molecule has 1 heterocycles. The molecule has 0 N–H and O–H groups in total. The molecule has 1 aliphatic heterocycles. The summed E-state index contributed by atoms with van der Waals surface area (Å²) in [4.78, 5) is 15.2. The number of thiocarbonyl (C=S) groups is 1. The largest absolute Gasteiger partial charge is 0.490 e. The summed E-state index contributed by atoms with van der Waals surface area (Å²) in [5.74, 6) is 0.985. The molecule has 0 unspecified atom stereocenters. The van der Waals surface area contributed by atoms with E-state index in [2.05, 4.69) is 6.58 Å². The lowest BCUT2D eigenvalue weighted by molar-refractivity contribution is -0.113. The molecule has 1 amide bonds. The normalized spacial score (nSPS) is 14.4. The van der Waals surface area contributed by atoms with Gasteiger partial charge in [-0.05, 0) is 73.0 Å². The third-order valence-electron chi connectivity index (χ3n) is 5.37. The van der Waals surface area contributed by atoms with Gasteiger partial charge < -0.3 is 9.47 Å². The highest BCUT2D eigenvalue weighted by molar-refractivity contribution is 8.27. The Bertz CT molecular complexity index is 1390. The van der Waals surface area contributed by atoms with E-state index in [9.17, 15) is 4.79 Å². The second-order valence-electron chi connectivity index (χ2n) is 7.96. The number of rotatable bonds is 9. The Morgan fingerprint density at radius 2 is 1.78 bits per heavy atom. The van der Waals surface area contributed by atoms with Crippen molar-refractivity contribution in [3.05, 3.63) is 104 Å². The number of anilines is 1. The van der Waals surface area contributed by atoms with Gasteiger partial charge in [0.2, 0.25) is 0 Å². The van der Waals surface area contributed by atoms with E-state index in [0.29, 0.717) is 61.1 Å². The molecular formula is C28H22Cl3NO3S2. The van der Waals surface area contributed by atoms with Crippen LogP contribution in [-0.2, 0) is 17.8 Å². The monoisotopic (exact) mass is 589 g/mol. The van der Waals surface area contributed by atoms with Crippen molar-refractivity contribution in [1.82, 2.24) is 0 Å². The van der Waals surface area contributed by atoms with Crippen molar-refractivity contribution >= 4 is 80.8 Å². The van der Waals surface area contributed by atoms with Crippen LogP contribution in [0.15, 0.2) is 72.2 Å². The molecule has 3 aromatic carbocycles. The zero-order valence-corrected chi connectivity index (χ0v) is 23.7. The van der Waals surface area contributed by atoms with Crippen molar-refractivity contribution in [2.75, 3.05) is 11.5 Å². The van der Waals surface area contributed by atoms with Crippen LogP contribution in [0.25, 0.3) is 6.08 Å². The number of ether oxygens (including phenoxy) is 2. The molecule has 0 spiro atoms. The van der Waals surface area contributed by atoms with E-state index in [1.807, 2.05) is 43.3 Å². The Kier molecular flexibility index (Phi) is 9.22. The van der Waals surface area contributed by atoms with Gasteiger partial charge in [-0.3, -0.25) is 9.69 Å². The van der Waals surface area contributed by atoms with E-state index in [1.54, 1.807) is 30.4 Å². The summed E-state index contributed by atoms with van der Waals surface area (Å²) in [6.45, 7) is 6.59. The van der Waals surface area contributed by atoms with Crippen molar-refractivity contribution in [3.63, 3.8) is 0 Å². The zero-order valence-electron chi connectivity index (χ0n) is 19.8. The summed E-state index contributed by atoms with van der Waals surface area (Å²) < 4.78 is 12.5. The average Bonchev–Trinajstić information content (AvgIpc) is 3.14. The van der Waals surface area contributed by atoms with E-state index in [-0.39, 0.29) is 5.91 Å². The van der Waals surface area contributed by atoms with Gasteiger partial charge in [-0.15, -0.1) is 6.58 Å². The van der Waals surface area contributed by atoms with Crippen LogP contribution in [0.4, 0.5) is 5.69 Å². The van der Waals surface area contributed by atoms with Crippen LogP contribution in [0.2, 0.25) is 15.1 Å². The Morgan fingerprint density at radius 1 is 1.03 bits per heavy atom. The lowest BCUT2D eigenvalue weighted by Crippen LogP contribution is -2.27. The fourth-order valence-corrected chi connectivity index (χ4v) is 5.42. The second kappa shape index (κ2) is 12.4. The number of carbonyl (C=O) groups excluding carboxylic acids is 1. The first-order valence-electron chi connectivity index (χ1n) is 11.3. The summed E-state index contributed by atoms with van der Waals surface area (Å²) in [7, 11) is 0. The topological polar surface area (TPSA) is 38.8 Å². The number of allylic oxidation sites excluding steroid dienone is 1. The molecule has 37 heavy (non-hydrogen) atoms. The van der Waals surface area contributed by atoms with Crippen LogP contribution >= 0.6 is 58.8 Å². The van der Waals surface area contributed by atoms with Crippen molar-refractivity contribution in [2.45, 2.75) is 20.0 Å². The van der Waals surface area contributed by atoms with Gasteiger partial charge in [0.15, 0.2) is 15.8 Å². The molecule has 3 aromatic rings. The fourth-order valence-electron chi connectivity index (χ4n) is 3.70. The van der Waals surface area contributed by atoms with Gasteiger partial charge in [0, 0.05) is 10.6 Å². The van der Waals surface area contributed by atoms with Crippen LogP contribution in [0, 0.1) is 0 Å². The van der Waals surface area contributed by atoms with E-state index < -0.39 is 0 Å². The van der Waals surface area contributed by atoms with Crippen LogP contribution in [0.3, 0.4) is 0 Å². The highest BCUT2D eigenvalue weighted by Crippen LogP contribution is 2.40. The third-order valence-corrected chi connectivity index (χ3v) is 7.66. The van der Waals surface area contributed by atoms with Gasteiger partial charge in [-0.25, -0.2) is 0 Å². The van der Waals surface area contributed by atoms with E-state index in [1.165, 1.54) is 16.7 Å². The van der Waals surface area contributed by atoms with E-state index in [0.717, 1.165) is 16.7 Å². The van der Waals surface area contributed by atoms with Crippen molar-refractivity contribution in [1.29, 1.82) is 0 Å². The number of thioether (sulfide) groups is 1. The van der Waals surface area contributed by atoms with Gasteiger partial charge in [-0.1, -0.05) is 77.0 Å². The smallest absolute Gasteiger partial charge is 0.270 e. The van der Waals surface area contributed by atoms with Gasteiger partial charge >= 0.3 is 0 Å². The van der Waals surface area contributed by atoms with Gasteiger partial charge in [0.1, 0.15) is 6.61 Å². The van der Waals surface area contributed by atoms with Gasteiger partial charge in [0.05, 0.1) is 27.2 Å². The first-order valence-corrected chi connectivity index (χ1v) is 13.7. The predicted molar refractivity (Wildman–Crippen MR) is 159 cm³/mol. The average molecular weight is 591 g/mol. The Hall–Kier alpha value is -2.48. The molecule has 0 bridgehead atoms. The number of halogens is 3. The van der Waals surface area contributed by atoms with Crippen LogP contribution in [0.1, 0.15) is 23.6 Å². The number of hydrogen-bond acceptors (Lipinski definition) is 5. The molecule has 1 saturated heterocycles. The summed E-state index contributed by atoms with van der Waals surface area (Å²) in [6.07, 6.45) is 4.16. The lowest BCUT2D eigenvalue weighted by atomic mass is 10.0. The first-order chi connectivity index (χ1) is 17.8. The predicted octanol–water partition coefficient (Wildman–Crippen LogP) is 8.76. The number of carbonyl (C=O) groups is 1. The minimum Gasteiger partial charge on any atom is -0.490 e. The molecule has 4 nitrogen and oxygen atoms in total. The Morgan fingerprint density at radius 3 is 2.46 bits per heavy atom. The third kappa shape index (κ3) is 6.51. The minimum absolute atomic E-state index is 0.236. The molecule has 0 aromatic heterocycles. The van der Waals surface area contributed by atoms with Gasteiger partial charge in [-0.2, -0.15) is 0 Å². The maximum atomic E-state index is 13.3. The highest BCUT2D eigenvalue weighted by Gasteiger charge is 2.33. The van der Waals surface area contributed by atoms with Crippen LogP contribution < -0.4 is 14.4 Å². The molecule has 4 rings (SSSR count). The van der Waals surface area contributed by atoms with E-state index >= 15 is 0 Å². The summed E-state index contributed by atoms with van der Waals surface area (Å²) in [6, 6.07) is 16.3. The highest BCUT2D eigenvalue weighted by atomic mass is 35.5. The second-order valence-corrected chi connectivity index (χ2v) is 10.9. The summed E-state index contributed by atoms with van der Waals surface area (Å²) in [5.41, 5.74) is 3.22. The molecule has 0 atom stereocenters. The van der Waals surface area contributed by atoms with Crippen molar-refractivity contribution in [3.8, 4) is 11.5 Å². The maximum Gasteiger partial charge on any atom is 0.270 e. The van der Waals surface area contributed by atoms with Gasteiger partial charge in [0.25, 0.3) is 5.91 Å². The molecule has 0 aliphatic carbocycles. The van der Waals surface area contributed by atoms with E-state index in [4.69, 9.17) is 56.5 Å². The molecule has 9 heteroatoms. The Labute approximate surface area is 240 Å². The molecule has 0 saturated carbocycles. The molecule has 1 fully saturated rings. The minimum atomic E-state index is -0.236. The SMILES string of the molecule is C=CCc1cc(/C=C2/SC(=S)N(c3ccc(Cl)c(Cl)c3)C2=O)cc(OCC)c1OCc1ccc(Cl)cc1. The van der Waals surface area contributed by atoms with Crippen LogP contribution in [-0.4, -0.2) is 16.8 Å². The summed E-state index contributed by atoms with van der Waals surface area (Å²) >= 11 is 24.9. The number of hydrogen-bond donors (Lipinski definition) is 0. The summed E-state index contributed by atoms with van der Waals surface area (Å²) in [5, 5.41) is 1.42. The number of benzene rings is 3. The fraction of sp³-hybridized carbons (Fsp3) is 0.143. The standard InChI is InChI=1S/C28H22Cl3NO3S2/c1-3-5-19-12-18(13-24(34-4-2)26(19)35-16-17-6-8-20(29)9-7-17)14-25-27(33)32(28(36)37-25)21-10-11-22(30)23(31)15-21/h3,6-15H,1,4-5,16H2,2H3/b25-14+. The van der Waals surface area contributed by atoms with Crippen molar-refractivity contribution < 1.29 is 14.3 Å². The Balaban J connectivity index is 1.66. The van der Waals surface area contributed by atoms with Crippen LogP contribution in [0.5, 0.6) is 11.5 Å². The number of amides is 1. The maximum absolute atomic E-state index is 13.3.